The maximum atomic E-state index is 13.3. The summed E-state index contributed by atoms with van der Waals surface area (Å²) in [5.41, 5.74) is -5.13. The van der Waals surface area contributed by atoms with Crippen LogP contribution in [0.25, 0.3) is 0 Å². The largest absolute Gasteiger partial charge is 0.400 e. The topological polar surface area (TPSA) is 148 Å². The number of hydrogen-bond acceptors (Lipinski definition) is 6. The highest BCUT2D eigenvalue weighted by Gasteiger charge is 2.74. The Hall–Kier alpha value is -0.190. The second-order valence-electron chi connectivity index (χ2n) is 3.56. The normalized spacial score (nSPS) is 39.6. The first-order valence-corrected chi connectivity index (χ1v) is 5.91. The molecule has 1 rings (SSSR count). The fraction of sp³-hybridized carbons (Fsp3) is 1.00. The average molecular weight is 280 g/mol. The van der Waals surface area contributed by atoms with Crippen LogP contribution >= 0.6 is 7.60 Å². The molecular weight excluding hydrogens is 269 g/mol. The number of alkyl halides is 2. The van der Waals surface area contributed by atoms with Gasteiger partial charge in [0.05, 0.1) is 6.61 Å². The van der Waals surface area contributed by atoms with Crippen molar-refractivity contribution in [2.75, 3.05) is 6.61 Å². The lowest BCUT2D eigenvalue weighted by Gasteiger charge is -2.33. The minimum Gasteiger partial charge on any atom is -0.394 e. The van der Waals surface area contributed by atoms with Crippen LogP contribution in [0.5, 0.6) is 0 Å². The molecule has 0 aromatic heterocycles. The molecule has 0 radical (unpaired) electrons. The third-order valence-corrected chi connectivity index (χ3v) is 3.47. The molecule has 0 aromatic carbocycles. The van der Waals surface area contributed by atoms with E-state index in [1.807, 2.05) is 0 Å². The molecule has 0 saturated carbocycles. The van der Waals surface area contributed by atoms with Gasteiger partial charge in [0.15, 0.2) is 0 Å². The number of ether oxygens (including phenoxy) is 1. The van der Waals surface area contributed by atoms with Crippen LogP contribution in [-0.2, 0) is 9.30 Å². The van der Waals surface area contributed by atoms with Crippen molar-refractivity contribution in [1.82, 2.24) is 0 Å². The quantitative estimate of drug-likeness (QED) is 0.312. The van der Waals surface area contributed by atoms with Crippen molar-refractivity contribution >= 4 is 7.60 Å². The molecule has 0 bridgehead atoms. The van der Waals surface area contributed by atoms with Crippen molar-refractivity contribution in [1.29, 1.82) is 0 Å². The minimum atomic E-state index is -6.15. The zero-order chi connectivity index (χ0) is 13.6. The van der Waals surface area contributed by atoms with Crippen molar-refractivity contribution in [3.05, 3.63) is 0 Å². The fourth-order valence-electron chi connectivity index (χ4n) is 1.41. The predicted octanol–water partition coefficient (Wildman–Crippen LogP) is -2.44. The first-order valence-electron chi connectivity index (χ1n) is 4.29. The zero-order valence-corrected chi connectivity index (χ0v) is 9.04. The molecule has 1 fully saturated rings. The van der Waals surface area contributed by atoms with Gasteiger partial charge in [-0.1, -0.05) is 0 Å². The number of rotatable bonds is 3. The Kier molecular flexibility index (Phi) is 3.65. The highest BCUT2D eigenvalue weighted by Crippen LogP contribution is 2.61. The van der Waals surface area contributed by atoms with Crippen LogP contribution in [0.15, 0.2) is 0 Å². The summed E-state index contributed by atoms with van der Waals surface area (Å²) in [6.45, 7) is -1.03. The Morgan fingerprint density at radius 2 is 1.82 bits per heavy atom. The van der Waals surface area contributed by atoms with Crippen LogP contribution in [-0.4, -0.2) is 66.6 Å². The first kappa shape index (κ1) is 14.9. The van der Waals surface area contributed by atoms with Crippen LogP contribution in [0, 0.1) is 0 Å². The van der Waals surface area contributed by atoms with Gasteiger partial charge in [0.2, 0.25) is 0 Å². The minimum absolute atomic E-state index is 1.03. The molecule has 0 aromatic rings. The van der Waals surface area contributed by atoms with Gasteiger partial charge in [0, 0.05) is 0 Å². The Balaban J connectivity index is 3.17. The molecule has 0 aliphatic carbocycles. The van der Waals surface area contributed by atoms with Gasteiger partial charge in [-0.2, -0.15) is 8.78 Å². The van der Waals surface area contributed by atoms with E-state index in [1.54, 1.807) is 0 Å². The predicted molar refractivity (Wildman–Crippen MR) is 45.9 cm³/mol. The molecule has 1 unspecified atom stereocenters. The monoisotopic (exact) mass is 280 g/mol. The van der Waals surface area contributed by atoms with E-state index in [4.69, 9.17) is 25.1 Å². The van der Waals surface area contributed by atoms with E-state index in [0.29, 0.717) is 0 Å². The van der Waals surface area contributed by atoms with E-state index in [9.17, 15) is 18.5 Å². The van der Waals surface area contributed by atoms with Crippen LogP contribution in [0.3, 0.4) is 0 Å². The summed E-state index contributed by atoms with van der Waals surface area (Å²) in [5.74, 6) is -3.97. The van der Waals surface area contributed by atoms with Gasteiger partial charge in [0.25, 0.3) is 5.79 Å². The zero-order valence-electron chi connectivity index (χ0n) is 8.14. The molecule has 1 aliphatic rings. The van der Waals surface area contributed by atoms with Crippen LogP contribution < -0.4 is 0 Å². The third kappa shape index (κ3) is 2.00. The van der Waals surface area contributed by atoms with Crippen LogP contribution in [0.4, 0.5) is 8.78 Å². The lowest BCUT2D eigenvalue weighted by molar-refractivity contribution is -0.309. The van der Waals surface area contributed by atoms with Gasteiger partial charge < -0.3 is 34.9 Å². The molecule has 1 saturated heterocycles. The van der Waals surface area contributed by atoms with Crippen molar-refractivity contribution in [2.45, 2.75) is 29.8 Å². The smallest absolute Gasteiger partial charge is 0.394 e. The van der Waals surface area contributed by atoms with Crippen molar-refractivity contribution < 1.29 is 48.3 Å². The van der Waals surface area contributed by atoms with Crippen LogP contribution in [0.2, 0.25) is 0 Å². The first-order chi connectivity index (χ1) is 7.49. The molecule has 4 atom stereocenters. The van der Waals surface area contributed by atoms with Crippen molar-refractivity contribution in [3.63, 3.8) is 0 Å². The van der Waals surface area contributed by atoms with Gasteiger partial charge >= 0.3 is 13.3 Å². The van der Waals surface area contributed by atoms with Gasteiger partial charge in [-0.15, -0.1) is 0 Å². The third-order valence-electron chi connectivity index (χ3n) is 2.41. The van der Waals surface area contributed by atoms with E-state index in [0.717, 1.165) is 0 Å². The molecule has 0 amide bonds. The fourth-order valence-corrected chi connectivity index (χ4v) is 2.01. The second-order valence-corrected chi connectivity index (χ2v) is 5.21. The van der Waals surface area contributed by atoms with E-state index in [1.165, 1.54) is 0 Å². The summed E-state index contributed by atoms with van der Waals surface area (Å²) < 4.78 is 41.1. The Bertz CT molecular complexity index is 345. The van der Waals surface area contributed by atoms with Crippen molar-refractivity contribution in [3.8, 4) is 0 Å². The van der Waals surface area contributed by atoms with Crippen molar-refractivity contribution in [2.24, 2.45) is 0 Å². The molecule has 17 heavy (non-hydrogen) atoms. The van der Waals surface area contributed by atoms with E-state index in [-0.39, 0.29) is 0 Å². The summed E-state index contributed by atoms with van der Waals surface area (Å²) >= 11 is 0. The molecule has 11 heteroatoms. The number of aliphatic hydroxyl groups is 4. The number of aliphatic hydroxyl groups excluding tert-OH is 3. The summed E-state index contributed by atoms with van der Waals surface area (Å²) in [7, 11) is -6.15. The number of halogens is 2. The molecule has 6 N–H and O–H groups in total. The second kappa shape index (κ2) is 4.18. The molecule has 1 aliphatic heterocycles. The standard InChI is InChI=1S/C6H11F2O8P/c7-6(8,17(13,14)15)5(12)4(11)3(10)2(1-9)16-5/h2-4,9-12H,1H2,(H2,13,14,15)/t2-,3-,4+,5?/m1/s1. The van der Waals surface area contributed by atoms with Crippen LogP contribution in [0.1, 0.15) is 0 Å². The Morgan fingerprint density at radius 3 is 2.12 bits per heavy atom. The molecule has 8 nitrogen and oxygen atoms in total. The summed E-state index contributed by atoms with van der Waals surface area (Å²) in [6.07, 6.45) is -6.57. The van der Waals surface area contributed by atoms with E-state index in [2.05, 4.69) is 4.74 Å². The number of hydrogen-bond donors (Lipinski definition) is 6. The summed E-state index contributed by atoms with van der Waals surface area (Å²) in [5, 5.41) is 36.2. The van der Waals surface area contributed by atoms with Gasteiger partial charge in [-0.25, -0.2) is 0 Å². The Morgan fingerprint density at radius 1 is 1.35 bits per heavy atom. The maximum Gasteiger partial charge on any atom is 0.400 e. The molecular formula is C6H11F2O8P. The van der Waals surface area contributed by atoms with Gasteiger partial charge in [-0.3, -0.25) is 4.57 Å². The summed E-state index contributed by atoms with van der Waals surface area (Å²) in [6, 6.07) is 0. The van der Waals surface area contributed by atoms with Gasteiger partial charge in [-0.05, 0) is 0 Å². The average Bonchev–Trinajstić information content (AvgIpc) is 2.42. The lowest BCUT2D eigenvalue weighted by Crippen LogP contribution is -2.56. The van der Waals surface area contributed by atoms with E-state index < -0.39 is 44.0 Å². The lowest BCUT2D eigenvalue weighted by atomic mass is 10.1. The maximum absolute atomic E-state index is 13.3. The molecule has 102 valence electrons. The molecule has 0 spiro atoms. The van der Waals surface area contributed by atoms with Gasteiger partial charge in [0.1, 0.15) is 18.3 Å². The highest BCUT2D eigenvalue weighted by molar-refractivity contribution is 7.53. The SMILES string of the molecule is O=P(O)(O)C(F)(F)C1(O)O[C@H](CO)[C@@H](O)[C@@H]1O. The molecule has 1 heterocycles. The van der Waals surface area contributed by atoms with E-state index >= 15 is 0 Å². The highest BCUT2D eigenvalue weighted by atomic mass is 31.2. The Labute approximate surface area is 93.2 Å². The summed E-state index contributed by atoms with van der Waals surface area (Å²) in [4.78, 5) is 16.8.